The van der Waals surface area contributed by atoms with Gasteiger partial charge in [-0.2, -0.15) is 0 Å². The molecule has 0 fully saturated rings. The number of nitrogens with two attached hydrogens (primary N) is 1. The van der Waals surface area contributed by atoms with Crippen LogP contribution < -0.4 is 11.1 Å². The van der Waals surface area contributed by atoms with Gasteiger partial charge >= 0.3 is 0 Å². The first-order chi connectivity index (χ1) is 7.02. The molecule has 0 aliphatic heterocycles. The lowest BCUT2D eigenvalue weighted by Crippen LogP contribution is -2.25. The molecule has 0 heterocycles. The minimum atomic E-state index is -0.0774. The molecule has 0 aromatic heterocycles. The lowest BCUT2D eigenvalue weighted by Gasteiger charge is -2.19. The van der Waals surface area contributed by atoms with Crippen molar-refractivity contribution in [1.82, 2.24) is 5.32 Å². The smallest absolute Gasteiger partial charge is 0.125 e. The molecule has 0 saturated heterocycles. The fourth-order valence-electron chi connectivity index (χ4n) is 1.24. The van der Waals surface area contributed by atoms with Gasteiger partial charge in [-0.15, -0.1) is 0 Å². The number of unbranched alkanes of at least 4 members (excludes halogenated alkanes) is 2. The van der Waals surface area contributed by atoms with Crippen LogP contribution in [0.5, 0.6) is 0 Å². The maximum atomic E-state index is 10.7. The van der Waals surface area contributed by atoms with Crippen LogP contribution in [0.25, 0.3) is 0 Å². The summed E-state index contributed by atoms with van der Waals surface area (Å²) in [5.74, 6) is 2.03. The zero-order chi connectivity index (χ0) is 11.7. The summed E-state index contributed by atoms with van der Waals surface area (Å²) in [6.07, 6.45) is 3.35. The van der Waals surface area contributed by atoms with Crippen molar-refractivity contribution >= 4 is 5.94 Å². The second-order valence-corrected chi connectivity index (χ2v) is 4.86. The van der Waals surface area contributed by atoms with Crippen LogP contribution >= 0.6 is 0 Å². The molecular weight excluding hydrogens is 188 g/mol. The van der Waals surface area contributed by atoms with Crippen molar-refractivity contribution in [1.29, 1.82) is 0 Å². The summed E-state index contributed by atoms with van der Waals surface area (Å²) < 4.78 is 0. The molecule has 0 aliphatic carbocycles. The van der Waals surface area contributed by atoms with E-state index in [1.807, 2.05) is 26.7 Å². The molecule has 0 saturated carbocycles. The molecule has 3 nitrogen and oxygen atoms in total. The molecule has 0 aliphatic rings. The Morgan fingerprint density at radius 3 is 2.40 bits per heavy atom. The SMILES string of the molecule is CC(C)(C)C(=C=O)CNCCCCCN. The van der Waals surface area contributed by atoms with Crippen LogP contribution in [-0.2, 0) is 4.79 Å². The van der Waals surface area contributed by atoms with E-state index in [0.29, 0.717) is 6.54 Å². The number of nitrogens with one attached hydrogen (secondary N) is 1. The predicted molar refractivity (Wildman–Crippen MR) is 64.4 cm³/mol. The Hall–Kier alpha value is -0.630. The van der Waals surface area contributed by atoms with Crippen LogP contribution in [0, 0.1) is 5.41 Å². The van der Waals surface area contributed by atoms with Gasteiger partial charge in [0.05, 0.1) is 0 Å². The summed E-state index contributed by atoms with van der Waals surface area (Å²) in [5.41, 5.74) is 6.12. The van der Waals surface area contributed by atoms with E-state index >= 15 is 0 Å². The average molecular weight is 212 g/mol. The van der Waals surface area contributed by atoms with E-state index in [1.165, 1.54) is 0 Å². The van der Waals surface area contributed by atoms with Gasteiger partial charge in [-0.3, -0.25) is 0 Å². The third-order valence-electron chi connectivity index (χ3n) is 2.39. The summed E-state index contributed by atoms with van der Waals surface area (Å²) in [5, 5.41) is 3.26. The Labute approximate surface area is 93.1 Å². The van der Waals surface area contributed by atoms with Gasteiger partial charge in [0, 0.05) is 12.1 Å². The molecule has 0 aromatic rings. The quantitative estimate of drug-likeness (QED) is 0.497. The van der Waals surface area contributed by atoms with E-state index in [9.17, 15) is 4.79 Å². The third kappa shape index (κ3) is 7.32. The third-order valence-corrected chi connectivity index (χ3v) is 2.39. The number of carbonyl (C=O) groups excluding carboxylic acids is 1. The highest BCUT2D eigenvalue weighted by Crippen LogP contribution is 2.21. The highest BCUT2D eigenvalue weighted by molar-refractivity contribution is 5.55. The van der Waals surface area contributed by atoms with Gasteiger partial charge in [0.2, 0.25) is 0 Å². The summed E-state index contributed by atoms with van der Waals surface area (Å²) in [4.78, 5) is 10.7. The predicted octanol–water partition coefficient (Wildman–Crippen LogP) is 1.51. The molecule has 0 aromatic carbocycles. The molecule has 0 rings (SSSR count). The Morgan fingerprint density at radius 2 is 1.93 bits per heavy atom. The molecule has 3 heteroatoms. The van der Waals surface area contributed by atoms with E-state index in [0.717, 1.165) is 37.9 Å². The maximum Gasteiger partial charge on any atom is 0.125 e. The molecule has 0 spiro atoms. The Bertz CT molecular complexity index is 212. The van der Waals surface area contributed by atoms with Gasteiger partial charge < -0.3 is 11.1 Å². The van der Waals surface area contributed by atoms with Crippen LogP contribution in [0.4, 0.5) is 0 Å². The van der Waals surface area contributed by atoms with Gasteiger partial charge in [0.1, 0.15) is 5.94 Å². The molecule has 0 amide bonds. The maximum absolute atomic E-state index is 10.7. The molecule has 0 unspecified atom stereocenters. The normalized spacial score (nSPS) is 11.2. The van der Waals surface area contributed by atoms with Crippen molar-refractivity contribution < 1.29 is 4.79 Å². The fraction of sp³-hybridized carbons (Fsp3) is 0.833. The lowest BCUT2D eigenvalue weighted by atomic mass is 9.87. The summed E-state index contributed by atoms with van der Waals surface area (Å²) in [6, 6.07) is 0. The first kappa shape index (κ1) is 14.4. The molecule has 15 heavy (non-hydrogen) atoms. The topological polar surface area (TPSA) is 55.1 Å². The summed E-state index contributed by atoms with van der Waals surface area (Å²) in [6.45, 7) is 8.45. The zero-order valence-corrected chi connectivity index (χ0v) is 10.2. The Morgan fingerprint density at radius 1 is 1.27 bits per heavy atom. The minimum absolute atomic E-state index is 0.0774. The number of rotatable bonds is 7. The second kappa shape index (κ2) is 7.63. The highest BCUT2D eigenvalue weighted by atomic mass is 16.1. The molecule has 0 atom stereocenters. The molecule has 0 bridgehead atoms. The van der Waals surface area contributed by atoms with E-state index in [1.54, 1.807) is 0 Å². The van der Waals surface area contributed by atoms with Crippen molar-refractivity contribution in [3.63, 3.8) is 0 Å². The number of hydrogen-bond acceptors (Lipinski definition) is 3. The van der Waals surface area contributed by atoms with E-state index < -0.39 is 0 Å². The van der Waals surface area contributed by atoms with Crippen molar-refractivity contribution in [2.45, 2.75) is 40.0 Å². The standard InChI is InChI=1S/C12H24N2O/c1-12(2,3)11(10-15)9-14-8-6-4-5-7-13/h14H,4-9,13H2,1-3H3. The van der Waals surface area contributed by atoms with Crippen molar-refractivity contribution in [2.75, 3.05) is 19.6 Å². The van der Waals surface area contributed by atoms with Gasteiger partial charge in [-0.1, -0.05) is 27.2 Å². The molecule has 88 valence electrons. The van der Waals surface area contributed by atoms with Crippen molar-refractivity contribution in [2.24, 2.45) is 11.1 Å². The highest BCUT2D eigenvalue weighted by Gasteiger charge is 2.17. The fourth-order valence-corrected chi connectivity index (χ4v) is 1.24. The Balaban J connectivity index is 3.63. The van der Waals surface area contributed by atoms with Crippen LogP contribution in [-0.4, -0.2) is 25.6 Å². The van der Waals surface area contributed by atoms with Crippen LogP contribution in [0.2, 0.25) is 0 Å². The van der Waals surface area contributed by atoms with Gasteiger partial charge in [0.25, 0.3) is 0 Å². The molecule has 3 N–H and O–H groups in total. The molecule has 0 radical (unpaired) electrons. The monoisotopic (exact) mass is 212 g/mol. The van der Waals surface area contributed by atoms with E-state index in [2.05, 4.69) is 5.32 Å². The van der Waals surface area contributed by atoms with Crippen LogP contribution in [0.3, 0.4) is 0 Å². The van der Waals surface area contributed by atoms with E-state index in [4.69, 9.17) is 5.73 Å². The van der Waals surface area contributed by atoms with Crippen LogP contribution in [0.1, 0.15) is 40.0 Å². The van der Waals surface area contributed by atoms with Crippen molar-refractivity contribution in [3.8, 4) is 0 Å². The van der Waals surface area contributed by atoms with Gasteiger partial charge in [-0.25, -0.2) is 4.79 Å². The van der Waals surface area contributed by atoms with Crippen molar-refractivity contribution in [3.05, 3.63) is 5.57 Å². The van der Waals surface area contributed by atoms with Gasteiger partial charge in [0.15, 0.2) is 0 Å². The zero-order valence-electron chi connectivity index (χ0n) is 10.2. The summed E-state index contributed by atoms with van der Waals surface area (Å²) >= 11 is 0. The minimum Gasteiger partial charge on any atom is -0.330 e. The first-order valence-electron chi connectivity index (χ1n) is 5.67. The van der Waals surface area contributed by atoms with E-state index in [-0.39, 0.29) is 5.41 Å². The van der Waals surface area contributed by atoms with Crippen LogP contribution in [0.15, 0.2) is 5.57 Å². The van der Waals surface area contributed by atoms with Gasteiger partial charge in [-0.05, 0) is 31.3 Å². The lowest BCUT2D eigenvalue weighted by molar-refractivity contribution is 0.472. The second-order valence-electron chi connectivity index (χ2n) is 4.86. The first-order valence-corrected chi connectivity index (χ1v) is 5.67. The average Bonchev–Trinajstić information content (AvgIpc) is 2.15. The molecular formula is C12H24N2O. The summed E-state index contributed by atoms with van der Waals surface area (Å²) in [7, 11) is 0. The largest absolute Gasteiger partial charge is 0.330 e. The number of hydrogen-bond donors (Lipinski definition) is 2. The Kier molecular flexibility index (Phi) is 7.31.